The molecule has 1 heteroatoms. The van der Waals surface area contributed by atoms with Gasteiger partial charge in [0.1, 0.15) is 0 Å². The van der Waals surface area contributed by atoms with Crippen molar-refractivity contribution in [3.05, 3.63) is 35.4 Å². The normalized spacial score (nSPS) is 9.29. The van der Waals surface area contributed by atoms with Crippen LogP contribution in [-0.4, -0.2) is 13.7 Å². The molecule has 0 aliphatic rings. The highest BCUT2D eigenvalue weighted by atomic mass is 16.5. The average Bonchev–Trinajstić information content (AvgIpc) is 2.25. The first kappa shape index (κ1) is 10.8. The molecule has 1 aromatic rings. The van der Waals surface area contributed by atoms with Gasteiger partial charge in [-0.2, -0.15) is 0 Å². The van der Waals surface area contributed by atoms with Crippen molar-refractivity contribution in [2.75, 3.05) is 13.7 Å². The highest BCUT2D eigenvalue weighted by Crippen LogP contribution is 2.04. The van der Waals surface area contributed by atoms with Crippen LogP contribution in [0.2, 0.25) is 0 Å². The van der Waals surface area contributed by atoms with Gasteiger partial charge >= 0.3 is 0 Å². The van der Waals surface area contributed by atoms with Crippen molar-refractivity contribution in [3.8, 4) is 11.8 Å². The van der Waals surface area contributed by atoms with Gasteiger partial charge in [-0.1, -0.05) is 30.9 Å². The molecule has 0 heterocycles. The predicted octanol–water partition coefficient (Wildman–Crippen LogP) is 2.64. The minimum Gasteiger partial charge on any atom is -0.384 e. The minimum absolute atomic E-state index is 0.778. The molecule has 0 aliphatic heterocycles. The predicted molar refractivity (Wildman–Crippen MR) is 59.2 cm³/mol. The van der Waals surface area contributed by atoms with Crippen LogP contribution >= 0.6 is 0 Å². The van der Waals surface area contributed by atoms with Gasteiger partial charge in [0.05, 0.1) is 6.61 Å². The van der Waals surface area contributed by atoms with Crippen molar-refractivity contribution in [2.24, 2.45) is 0 Å². The summed E-state index contributed by atoms with van der Waals surface area (Å²) >= 11 is 0. The lowest BCUT2D eigenvalue weighted by Crippen LogP contribution is -1.93. The van der Waals surface area contributed by atoms with E-state index in [-0.39, 0.29) is 0 Å². The van der Waals surface area contributed by atoms with Crippen LogP contribution in [0.25, 0.3) is 0 Å². The van der Waals surface area contributed by atoms with Gasteiger partial charge in [0.2, 0.25) is 0 Å². The van der Waals surface area contributed by atoms with E-state index >= 15 is 0 Å². The molecule has 0 amide bonds. The van der Waals surface area contributed by atoms with E-state index in [0.29, 0.717) is 0 Å². The lowest BCUT2D eigenvalue weighted by molar-refractivity contribution is 0.202. The molecule has 0 fully saturated rings. The highest BCUT2D eigenvalue weighted by Gasteiger charge is 1.91. The van der Waals surface area contributed by atoms with E-state index in [1.54, 1.807) is 7.11 Å². The quantitative estimate of drug-likeness (QED) is 0.663. The van der Waals surface area contributed by atoms with Crippen LogP contribution in [0.5, 0.6) is 0 Å². The summed E-state index contributed by atoms with van der Waals surface area (Å²) in [5.41, 5.74) is 2.39. The van der Waals surface area contributed by atoms with Crippen molar-refractivity contribution >= 4 is 0 Å². The zero-order valence-electron chi connectivity index (χ0n) is 8.84. The van der Waals surface area contributed by atoms with Crippen molar-refractivity contribution in [1.29, 1.82) is 0 Å². The lowest BCUT2D eigenvalue weighted by Gasteiger charge is -1.99. The molecular weight excluding hydrogens is 172 g/mol. The van der Waals surface area contributed by atoms with Gasteiger partial charge in [0.25, 0.3) is 0 Å². The topological polar surface area (TPSA) is 9.23 Å². The summed E-state index contributed by atoms with van der Waals surface area (Å²) in [6.07, 6.45) is 1.88. The number of hydrogen-bond donors (Lipinski definition) is 0. The summed E-state index contributed by atoms with van der Waals surface area (Å²) in [5.74, 6) is 6.15. The fourth-order valence-corrected chi connectivity index (χ4v) is 1.17. The number of benzene rings is 1. The molecule has 14 heavy (non-hydrogen) atoms. The molecule has 0 aliphatic carbocycles. The zero-order valence-corrected chi connectivity index (χ0v) is 8.84. The Morgan fingerprint density at radius 2 is 1.93 bits per heavy atom. The van der Waals surface area contributed by atoms with Crippen molar-refractivity contribution in [3.63, 3.8) is 0 Å². The SMILES string of the molecule is CCC#Cc1ccc(CCOC)cc1. The Labute approximate surface area is 86.1 Å². The van der Waals surface area contributed by atoms with Crippen LogP contribution in [0, 0.1) is 11.8 Å². The summed E-state index contributed by atoms with van der Waals surface area (Å²) in [6.45, 7) is 2.83. The summed E-state index contributed by atoms with van der Waals surface area (Å²) in [6, 6.07) is 8.35. The van der Waals surface area contributed by atoms with Crippen LogP contribution in [0.1, 0.15) is 24.5 Å². The summed E-state index contributed by atoms with van der Waals surface area (Å²) < 4.78 is 5.01. The van der Waals surface area contributed by atoms with Gasteiger partial charge in [-0.15, -0.1) is 0 Å². The van der Waals surface area contributed by atoms with Crippen LogP contribution in [-0.2, 0) is 11.2 Å². The van der Waals surface area contributed by atoms with Crippen LogP contribution in [0.4, 0.5) is 0 Å². The van der Waals surface area contributed by atoms with Crippen LogP contribution in [0.15, 0.2) is 24.3 Å². The molecule has 1 rings (SSSR count). The van der Waals surface area contributed by atoms with Crippen LogP contribution in [0.3, 0.4) is 0 Å². The molecular formula is C13H16O. The molecule has 0 aromatic heterocycles. The molecule has 1 nitrogen and oxygen atoms in total. The molecule has 0 spiro atoms. The molecule has 1 aromatic carbocycles. The second-order valence-electron chi connectivity index (χ2n) is 3.10. The third kappa shape index (κ3) is 3.64. The van der Waals surface area contributed by atoms with Gasteiger partial charge in [-0.25, -0.2) is 0 Å². The smallest absolute Gasteiger partial charge is 0.0502 e. The number of hydrogen-bond acceptors (Lipinski definition) is 1. The van der Waals surface area contributed by atoms with Gasteiger partial charge in [0, 0.05) is 19.1 Å². The molecule has 0 radical (unpaired) electrons. The van der Waals surface area contributed by atoms with E-state index in [9.17, 15) is 0 Å². The Hall–Kier alpha value is -1.26. The van der Waals surface area contributed by atoms with E-state index in [1.165, 1.54) is 5.56 Å². The first-order valence-corrected chi connectivity index (χ1v) is 4.93. The van der Waals surface area contributed by atoms with E-state index in [2.05, 4.69) is 43.0 Å². The zero-order chi connectivity index (χ0) is 10.2. The van der Waals surface area contributed by atoms with Crippen molar-refractivity contribution in [2.45, 2.75) is 19.8 Å². The third-order valence-corrected chi connectivity index (χ3v) is 1.96. The Balaban J connectivity index is 2.59. The van der Waals surface area contributed by atoms with E-state index in [0.717, 1.165) is 25.0 Å². The van der Waals surface area contributed by atoms with E-state index in [4.69, 9.17) is 4.74 Å². The molecule has 0 unspecified atom stereocenters. The van der Waals surface area contributed by atoms with Crippen molar-refractivity contribution < 1.29 is 4.74 Å². The molecule has 0 bridgehead atoms. The van der Waals surface area contributed by atoms with E-state index in [1.807, 2.05) is 0 Å². The van der Waals surface area contributed by atoms with Crippen LogP contribution < -0.4 is 0 Å². The summed E-state index contributed by atoms with van der Waals surface area (Å²) in [4.78, 5) is 0. The fourth-order valence-electron chi connectivity index (χ4n) is 1.17. The van der Waals surface area contributed by atoms with Gasteiger partial charge < -0.3 is 4.74 Å². The van der Waals surface area contributed by atoms with Gasteiger partial charge in [-0.05, 0) is 24.1 Å². The third-order valence-electron chi connectivity index (χ3n) is 1.96. The number of methoxy groups -OCH3 is 1. The number of rotatable bonds is 3. The maximum atomic E-state index is 5.01. The first-order valence-electron chi connectivity index (χ1n) is 4.93. The summed E-state index contributed by atoms with van der Waals surface area (Å²) in [7, 11) is 1.72. The second-order valence-corrected chi connectivity index (χ2v) is 3.10. The monoisotopic (exact) mass is 188 g/mol. The second kappa shape index (κ2) is 6.23. The fraction of sp³-hybridized carbons (Fsp3) is 0.385. The molecule has 74 valence electrons. The van der Waals surface area contributed by atoms with Crippen molar-refractivity contribution in [1.82, 2.24) is 0 Å². The highest BCUT2D eigenvalue weighted by molar-refractivity contribution is 5.36. The lowest BCUT2D eigenvalue weighted by atomic mass is 10.1. The minimum atomic E-state index is 0.778. The molecule has 0 saturated carbocycles. The average molecular weight is 188 g/mol. The molecule has 0 saturated heterocycles. The Bertz CT molecular complexity index is 313. The maximum absolute atomic E-state index is 5.01. The van der Waals surface area contributed by atoms with Gasteiger partial charge in [-0.3, -0.25) is 0 Å². The molecule has 0 N–H and O–H groups in total. The van der Waals surface area contributed by atoms with Gasteiger partial charge in [0.15, 0.2) is 0 Å². The first-order chi connectivity index (χ1) is 6.86. The van der Waals surface area contributed by atoms with E-state index < -0.39 is 0 Å². The standard InChI is InChI=1S/C13H16O/c1-3-4-5-12-6-8-13(9-7-12)10-11-14-2/h6-9H,3,10-11H2,1-2H3. The molecule has 0 atom stereocenters. The maximum Gasteiger partial charge on any atom is 0.0502 e. The number of ether oxygens (including phenoxy) is 1. The Kier molecular flexibility index (Phi) is 4.82. The Morgan fingerprint density at radius 1 is 1.21 bits per heavy atom. The summed E-state index contributed by atoms with van der Waals surface area (Å²) in [5, 5.41) is 0. The Morgan fingerprint density at radius 3 is 2.50 bits per heavy atom. The largest absolute Gasteiger partial charge is 0.384 e.